The van der Waals surface area contributed by atoms with Crippen LogP contribution in [0.1, 0.15) is 16.7 Å². The highest BCUT2D eigenvalue weighted by atomic mass is 32.2. The molecule has 28 heavy (non-hydrogen) atoms. The molecule has 4 rings (SSSR count). The van der Waals surface area contributed by atoms with E-state index in [1.165, 1.54) is 0 Å². The number of anilines is 1. The molecular weight excluding hydrogens is 388 g/mol. The predicted molar refractivity (Wildman–Crippen MR) is 117 cm³/mol. The second-order valence-electron chi connectivity index (χ2n) is 6.86. The number of fused-ring (bicyclic) bond motifs is 1. The fourth-order valence-electron chi connectivity index (χ4n) is 3.05. The molecule has 3 aromatic carbocycles. The van der Waals surface area contributed by atoms with Crippen LogP contribution in [0.3, 0.4) is 0 Å². The fourth-order valence-corrected chi connectivity index (χ4v) is 5.31. The lowest BCUT2D eigenvalue weighted by Crippen LogP contribution is -2.15. The molecule has 1 N–H and O–H groups in total. The first-order valence-electron chi connectivity index (χ1n) is 8.92. The number of rotatable bonds is 5. The molecule has 0 spiro atoms. The normalized spacial score (nSPS) is 11.6. The molecule has 142 valence electrons. The zero-order valence-electron chi connectivity index (χ0n) is 15.6. The molecule has 0 bridgehead atoms. The van der Waals surface area contributed by atoms with Crippen molar-refractivity contribution in [2.45, 2.75) is 19.6 Å². The summed E-state index contributed by atoms with van der Waals surface area (Å²) >= 11 is 1.62. The molecule has 6 heteroatoms. The second-order valence-corrected chi connectivity index (χ2v) is 9.61. The van der Waals surface area contributed by atoms with E-state index in [9.17, 15) is 8.42 Å². The van der Waals surface area contributed by atoms with E-state index in [0.717, 1.165) is 37.5 Å². The van der Waals surface area contributed by atoms with Gasteiger partial charge in [0.05, 0.1) is 16.0 Å². The summed E-state index contributed by atoms with van der Waals surface area (Å²) in [5.74, 6) is -0.0415. The lowest BCUT2D eigenvalue weighted by Gasteiger charge is -2.11. The first-order chi connectivity index (χ1) is 13.4. The molecule has 0 unspecified atom stereocenters. The van der Waals surface area contributed by atoms with Crippen molar-refractivity contribution in [1.29, 1.82) is 0 Å². The Morgan fingerprint density at radius 2 is 1.71 bits per heavy atom. The van der Waals surface area contributed by atoms with Crippen molar-refractivity contribution in [3.63, 3.8) is 0 Å². The molecule has 0 aliphatic carbocycles. The van der Waals surface area contributed by atoms with Gasteiger partial charge in [0.15, 0.2) is 0 Å². The molecule has 1 aromatic heterocycles. The third-order valence-corrected chi connectivity index (χ3v) is 6.87. The zero-order valence-corrected chi connectivity index (χ0v) is 17.3. The summed E-state index contributed by atoms with van der Waals surface area (Å²) < 4.78 is 29.0. The van der Waals surface area contributed by atoms with Crippen molar-refractivity contribution in [2.75, 3.05) is 4.72 Å². The van der Waals surface area contributed by atoms with Gasteiger partial charge in [0.25, 0.3) is 0 Å². The van der Waals surface area contributed by atoms with Gasteiger partial charge in [-0.15, -0.1) is 11.3 Å². The number of benzene rings is 3. The van der Waals surface area contributed by atoms with E-state index in [1.54, 1.807) is 23.5 Å². The molecule has 0 saturated carbocycles. The monoisotopic (exact) mass is 408 g/mol. The summed E-state index contributed by atoms with van der Waals surface area (Å²) in [6.45, 7) is 3.89. The topological polar surface area (TPSA) is 59.1 Å². The Morgan fingerprint density at radius 3 is 2.46 bits per heavy atom. The maximum Gasteiger partial charge on any atom is 0.236 e. The fraction of sp³-hybridized carbons (Fsp3) is 0.136. The van der Waals surface area contributed by atoms with Crippen LogP contribution in [0.4, 0.5) is 5.69 Å². The summed E-state index contributed by atoms with van der Waals surface area (Å²) in [5.41, 5.74) is 5.34. The first-order valence-corrected chi connectivity index (χ1v) is 11.4. The highest BCUT2D eigenvalue weighted by Crippen LogP contribution is 2.30. The Balaban J connectivity index is 1.53. The highest BCUT2D eigenvalue weighted by Gasteiger charge is 2.14. The molecule has 0 amide bonds. The smallest absolute Gasteiger partial charge is 0.236 e. The predicted octanol–water partition coefficient (Wildman–Crippen LogP) is 5.52. The van der Waals surface area contributed by atoms with Crippen molar-refractivity contribution in [2.24, 2.45) is 0 Å². The number of hydrogen-bond donors (Lipinski definition) is 1. The average molecular weight is 409 g/mol. The maximum atomic E-state index is 12.6. The number of nitrogens with one attached hydrogen (secondary N) is 1. The number of thiazole rings is 1. The Kier molecular flexibility index (Phi) is 4.91. The van der Waals surface area contributed by atoms with Gasteiger partial charge in [-0.25, -0.2) is 13.4 Å². The second kappa shape index (κ2) is 7.37. The number of hydrogen-bond acceptors (Lipinski definition) is 4. The third-order valence-electron chi connectivity index (χ3n) is 4.55. The van der Waals surface area contributed by atoms with Gasteiger partial charge in [0, 0.05) is 11.3 Å². The molecule has 0 aliphatic rings. The van der Waals surface area contributed by atoms with Crippen LogP contribution < -0.4 is 4.72 Å². The van der Waals surface area contributed by atoms with Gasteiger partial charge in [-0.05, 0) is 61.4 Å². The molecule has 4 aromatic rings. The molecule has 0 fully saturated rings. The minimum absolute atomic E-state index is 0.0415. The Morgan fingerprint density at radius 1 is 0.964 bits per heavy atom. The third kappa shape index (κ3) is 4.08. The van der Waals surface area contributed by atoms with Crippen LogP contribution in [-0.2, 0) is 15.8 Å². The number of para-hydroxylation sites is 1. The van der Waals surface area contributed by atoms with E-state index in [2.05, 4.69) is 9.71 Å². The largest absolute Gasteiger partial charge is 0.283 e. The van der Waals surface area contributed by atoms with Gasteiger partial charge >= 0.3 is 0 Å². The van der Waals surface area contributed by atoms with Crippen LogP contribution in [0, 0.1) is 13.8 Å². The van der Waals surface area contributed by atoms with E-state index in [4.69, 9.17) is 0 Å². The maximum absolute atomic E-state index is 12.6. The summed E-state index contributed by atoms with van der Waals surface area (Å²) in [6.07, 6.45) is 0. The van der Waals surface area contributed by atoms with Crippen molar-refractivity contribution in [3.05, 3.63) is 83.4 Å². The van der Waals surface area contributed by atoms with Crippen LogP contribution in [0.25, 0.3) is 20.8 Å². The Bertz CT molecular complexity index is 1210. The van der Waals surface area contributed by atoms with Crippen LogP contribution in [-0.4, -0.2) is 13.4 Å². The van der Waals surface area contributed by atoms with Gasteiger partial charge < -0.3 is 0 Å². The highest BCUT2D eigenvalue weighted by molar-refractivity contribution is 7.91. The molecule has 1 heterocycles. The standard InChI is InChI=1S/C22H20N2O2S2/c1-15-7-8-16(2)18(13-15)14-28(25,26)24-19-11-9-17(10-12-19)22-23-20-5-3-4-6-21(20)27-22/h3-13,24H,14H2,1-2H3. The average Bonchev–Trinajstić information content (AvgIpc) is 3.09. The Hall–Kier alpha value is -2.70. The molecule has 4 nitrogen and oxygen atoms in total. The summed E-state index contributed by atoms with van der Waals surface area (Å²) in [7, 11) is -3.49. The Labute approximate surface area is 168 Å². The minimum atomic E-state index is -3.49. The summed E-state index contributed by atoms with van der Waals surface area (Å²) in [5, 5.41) is 0.922. The molecule has 0 saturated heterocycles. The number of aryl methyl sites for hydroxylation is 2. The first kappa shape index (κ1) is 18.7. The van der Waals surface area contributed by atoms with Crippen LogP contribution in [0.5, 0.6) is 0 Å². The molecule has 0 radical (unpaired) electrons. The number of nitrogens with zero attached hydrogens (tertiary/aromatic N) is 1. The van der Waals surface area contributed by atoms with Crippen LogP contribution >= 0.6 is 11.3 Å². The van der Waals surface area contributed by atoms with Gasteiger partial charge in [-0.3, -0.25) is 4.72 Å². The van der Waals surface area contributed by atoms with Crippen molar-refractivity contribution >= 4 is 37.3 Å². The van der Waals surface area contributed by atoms with Crippen molar-refractivity contribution in [1.82, 2.24) is 4.98 Å². The SMILES string of the molecule is Cc1ccc(C)c(CS(=O)(=O)Nc2ccc(-c3nc4ccccc4s3)cc2)c1. The zero-order chi connectivity index (χ0) is 19.7. The molecular formula is C22H20N2O2S2. The van der Waals surface area contributed by atoms with E-state index < -0.39 is 10.0 Å². The number of aromatic nitrogens is 1. The van der Waals surface area contributed by atoms with Crippen molar-refractivity contribution < 1.29 is 8.42 Å². The van der Waals surface area contributed by atoms with Gasteiger partial charge in [0.2, 0.25) is 10.0 Å². The van der Waals surface area contributed by atoms with Crippen LogP contribution in [0.2, 0.25) is 0 Å². The van der Waals surface area contributed by atoms with Crippen molar-refractivity contribution in [3.8, 4) is 10.6 Å². The molecule has 0 aliphatic heterocycles. The van der Waals surface area contributed by atoms with Gasteiger partial charge in [-0.2, -0.15) is 0 Å². The van der Waals surface area contributed by atoms with E-state index in [0.29, 0.717) is 5.69 Å². The van der Waals surface area contributed by atoms with E-state index in [1.807, 2.05) is 68.4 Å². The van der Waals surface area contributed by atoms with Gasteiger partial charge in [0.1, 0.15) is 5.01 Å². The lowest BCUT2D eigenvalue weighted by atomic mass is 10.1. The van der Waals surface area contributed by atoms with Gasteiger partial charge in [-0.1, -0.05) is 35.9 Å². The number of sulfonamides is 1. The van der Waals surface area contributed by atoms with E-state index >= 15 is 0 Å². The van der Waals surface area contributed by atoms with E-state index in [-0.39, 0.29) is 5.75 Å². The quantitative estimate of drug-likeness (QED) is 0.473. The molecule has 0 atom stereocenters. The summed E-state index contributed by atoms with van der Waals surface area (Å²) in [4.78, 5) is 4.64. The summed E-state index contributed by atoms with van der Waals surface area (Å²) in [6, 6.07) is 21.2. The lowest BCUT2D eigenvalue weighted by molar-refractivity contribution is 0.600. The minimum Gasteiger partial charge on any atom is -0.283 e. The van der Waals surface area contributed by atoms with Crippen LogP contribution in [0.15, 0.2) is 66.7 Å².